The molecule has 0 unspecified atom stereocenters. The predicted molar refractivity (Wildman–Crippen MR) is 89.3 cm³/mol. The number of nitrogens with one attached hydrogen (secondary N) is 1. The molecule has 2 aliphatic carbocycles. The Morgan fingerprint density at radius 3 is 2.65 bits per heavy atom. The molecule has 0 aromatic carbocycles. The van der Waals surface area contributed by atoms with E-state index in [2.05, 4.69) is 38.2 Å². The Morgan fingerprint density at radius 2 is 2.00 bits per heavy atom. The van der Waals surface area contributed by atoms with Crippen molar-refractivity contribution in [3.8, 4) is 0 Å². The van der Waals surface area contributed by atoms with Gasteiger partial charge in [-0.25, -0.2) is 0 Å². The Hall–Kier alpha value is 0.150. The van der Waals surface area contributed by atoms with Crippen LogP contribution in [0.4, 0.5) is 0 Å². The molecule has 0 spiro atoms. The normalized spacial score (nSPS) is 36.9. The molecular formula is C16H24Cl3N. The summed E-state index contributed by atoms with van der Waals surface area (Å²) in [5.41, 5.74) is 1.83. The number of halogens is 3. The van der Waals surface area contributed by atoms with E-state index >= 15 is 0 Å². The van der Waals surface area contributed by atoms with Crippen LogP contribution in [0.5, 0.6) is 0 Å². The van der Waals surface area contributed by atoms with Crippen LogP contribution < -0.4 is 5.32 Å². The molecule has 0 heterocycles. The lowest BCUT2D eigenvalue weighted by Crippen LogP contribution is -2.48. The van der Waals surface area contributed by atoms with Gasteiger partial charge in [0.15, 0.2) is 4.96 Å². The lowest BCUT2D eigenvalue weighted by Gasteiger charge is -2.54. The molecule has 0 aromatic heterocycles. The molecule has 0 saturated heterocycles. The minimum atomic E-state index is -0.551. The summed E-state index contributed by atoms with van der Waals surface area (Å²) in [5.74, 6) is 0.658. The maximum atomic E-state index is 6.57. The molecule has 0 radical (unpaired) electrons. The van der Waals surface area contributed by atoms with Gasteiger partial charge in [-0.05, 0) is 54.7 Å². The lowest BCUT2D eigenvalue weighted by molar-refractivity contribution is 0.0262. The van der Waals surface area contributed by atoms with Crippen molar-refractivity contribution in [2.24, 2.45) is 16.7 Å². The first-order valence-corrected chi connectivity index (χ1v) is 8.63. The van der Waals surface area contributed by atoms with Crippen LogP contribution in [0.25, 0.3) is 0 Å². The standard InChI is InChI=1S/C16H24Cl3N/c1-15(2)12-5-4-11(7-9-20-14(18)19)10-16(12,3)8-6-13(15)17/h7,9-10,12-14,20H,4-6,8H2,1-3H3/b9-7+/t12-,13-,16+/m0/s1. The zero-order valence-electron chi connectivity index (χ0n) is 12.4. The Morgan fingerprint density at radius 1 is 1.30 bits per heavy atom. The molecule has 114 valence electrons. The number of rotatable bonds is 3. The summed E-state index contributed by atoms with van der Waals surface area (Å²) < 4.78 is 0. The Bertz CT molecular complexity index is 414. The van der Waals surface area contributed by atoms with E-state index in [1.807, 2.05) is 6.20 Å². The first-order chi connectivity index (χ1) is 9.25. The van der Waals surface area contributed by atoms with E-state index in [4.69, 9.17) is 34.8 Å². The third-order valence-electron chi connectivity index (χ3n) is 5.19. The van der Waals surface area contributed by atoms with Crippen LogP contribution in [-0.4, -0.2) is 10.3 Å². The third-order valence-corrected chi connectivity index (χ3v) is 6.23. The van der Waals surface area contributed by atoms with Crippen molar-refractivity contribution < 1.29 is 0 Å². The van der Waals surface area contributed by atoms with Gasteiger partial charge in [-0.1, -0.05) is 55.6 Å². The summed E-state index contributed by atoms with van der Waals surface area (Å²) in [4.78, 5) is -0.551. The van der Waals surface area contributed by atoms with Gasteiger partial charge < -0.3 is 5.32 Å². The van der Waals surface area contributed by atoms with Crippen molar-refractivity contribution in [3.63, 3.8) is 0 Å². The van der Waals surface area contributed by atoms with Gasteiger partial charge in [0, 0.05) is 5.38 Å². The smallest absolute Gasteiger partial charge is 0.177 e. The number of alkyl halides is 3. The van der Waals surface area contributed by atoms with Crippen molar-refractivity contribution >= 4 is 34.8 Å². The van der Waals surface area contributed by atoms with Gasteiger partial charge in [-0.3, -0.25) is 0 Å². The molecule has 3 atom stereocenters. The second-order valence-electron chi connectivity index (χ2n) is 6.94. The van der Waals surface area contributed by atoms with Crippen molar-refractivity contribution in [1.82, 2.24) is 5.32 Å². The summed E-state index contributed by atoms with van der Waals surface area (Å²) in [6.45, 7) is 7.04. The van der Waals surface area contributed by atoms with Crippen LogP contribution in [-0.2, 0) is 0 Å². The Balaban J connectivity index is 2.16. The largest absolute Gasteiger partial charge is 0.363 e. The first-order valence-electron chi connectivity index (χ1n) is 7.32. The molecule has 2 aliphatic rings. The zero-order chi connectivity index (χ0) is 15.0. The maximum Gasteiger partial charge on any atom is 0.177 e. The molecule has 2 rings (SSSR count). The lowest BCUT2D eigenvalue weighted by atomic mass is 9.53. The molecule has 1 nitrogen and oxygen atoms in total. The monoisotopic (exact) mass is 335 g/mol. The average molecular weight is 337 g/mol. The molecule has 0 aliphatic heterocycles. The average Bonchev–Trinajstić information content (AvgIpc) is 2.34. The van der Waals surface area contributed by atoms with Gasteiger partial charge in [0.05, 0.1) is 0 Å². The summed E-state index contributed by atoms with van der Waals surface area (Å²) >= 11 is 17.9. The van der Waals surface area contributed by atoms with Crippen molar-refractivity contribution in [3.05, 3.63) is 23.9 Å². The Kier molecular flexibility index (Phi) is 5.04. The third kappa shape index (κ3) is 3.31. The van der Waals surface area contributed by atoms with E-state index in [0.29, 0.717) is 11.3 Å². The molecule has 1 fully saturated rings. The van der Waals surface area contributed by atoms with E-state index in [1.54, 1.807) is 0 Å². The number of fused-ring (bicyclic) bond motifs is 1. The van der Waals surface area contributed by atoms with E-state index in [-0.39, 0.29) is 10.8 Å². The molecule has 4 heteroatoms. The Labute approximate surface area is 137 Å². The first kappa shape index (κ1) is 16.5. The highest BCUT2D eigenvalue weighted by Gasteiger charge is 2.50. The van der Waals surface area contributed by atoms with Crippen molar-refractivity contribution in [2.75, 3.05) is 0 Å². The summed E-state index contributed by atoms with van der Waals surface area (Å²) in [6, 6.07) is 0. The van der Waals surface area contributed by atoms with Gasteiger partial charge in [0.25, 0.3) is 0 Å². The fourth-order valence-corrected chi connectivity index (χ4v) is 4.50. The van der Waals surface area contributed by atoms with E-state index < -0.39 is 4.96 Å². The van der Waals surface area contributed by atoms with E-state index in [0.717, 1.165) is 12.8 Å². The van der Waals surface area contributed by atoms with Crippen LogP contribution in [0, 0.1) is 16.7 Å². The maximum absolute atomic E-state index is 6.57. The fraction of sp³-hybridized carbons (Fsp3) is 0.750. The number of allylic oxidation sites excluding steroid dienone is 3. The molecule has 0 bridgehead atoms. The van der Waals surface area contributed by atoms with Crippen LogP contribution in [0.1, 0.15) is 46.5 Å². The fourth-order valence-electron chi connectivity index (χ4n) is 4.09. The van der Waals surface area contributed by atoms with Gasteiger partial charge in [-0.15, -0.1) is 11.6 Å². The molecule has 20 heavy (non-hydrogen) atoms. The molecule has 0 amide bonds. The highest BCUT2D eigenvalue weighted by molar-refractivity contribution is 6.43. The molecule has 0 aromatic rings. The van der Waals surface area contributed by atoms with Crippen LogP contribution in [0.15, 0.2) is 23.9 Å². The van der Waals surface area contributed by atoms with Crippen LogP contribution >= 0.6 is 34.8 Å². The second kappa shape index (κ2) is 6.10. The molecule has 1 N–H and O–H groups in total. The van der Waals surface area contributed by atoms with Crippen LogP contribution in [0.2, 0.25) is 0 Å². The topological polar surface area (TPSA) is 12.0 Å². The van der Waals surface area contributed by atoms with Crippen molar-refractivity contribution in [1.29, 1.82) is 0 Å². The van der Waals surface area contributed by atoms with Gasteiger partial charge in [0.1, 0.15) is 0 Å². The van der Waals surface area contributed by atoms with E-state index in [1.165, 1.54) is 18.4 Å². The summed E-state index contributed by atoms with van der Waals surface area (Å²) in [6.07, 6.45) is 11.0. The minimum absolute atomic E-state index is 0.204. The number of hydrogen-bond acceptors (Lipinski definition) is 1. The minimum Gasteiger partial charge on any atom is -0.363 e. The van der Waals surface area contributed by atoms with Crippen molar-refractivity contribution in [2.45, 2.75) is 56.8 Å². The highest BCUT2D eigenvalue weighted by Crippen LogP contribution is 2.57. The zero-order valence-corrected chi connectivity index (χ0v) is 14.7. The van der Waals surface area contributed by atoms with Gasteiger partial charge in [0.2, 0.25) is 0 Å². The van der Waals surface area contributed by atoms with Gasteiger partial charge >= 0.3 is 0 Å². The molecular weight excluding hydrogens is 313 g/mol. The highest BCUT2D eigenvalue weighted by atomic mass is 35.5. The number of hydrogen-bond donors (Lipinski definition) is 1. The van der Waals surface area contributed by atoms with E-state index in [9.17, 15) is 0 Å². The summed E-state index contributed by atoms with van der Waals surface area (Å²) in [5, 5.41) is 3.18. The van der Waals surface area contributed by atoms with Gasteiger partial charge in [-0.2, -0.15) is 0 Å². The SMILES string of the molecule is CC1(C)[C@@H](Cl)CC[C@]2(C)C=C(/C=C/NC(Cl)Cl)CC[C@@H]12. The molecule has 1 saturated carbocycles. The second-order valence-corrected chi connectivity index (χ2v) is 8.57. The predicted octanol–water partition coefficient (Wildman–Crippen LogP) is 5.62. The van der Waals surface area contributed by atoms with Crippen LogP contribution in [0.3, 0.4) is 0 Å². The quantitative estimate of drug-likeness (QED) is 0.521. The summed E-state index contributed by atoms with van der Waals surface area (Å²) in [7, 11) is 0.